The van der Waals surface area contributed by atoms with Crippen LogP contribution in [0.2, 0.25) is 0 Å². The minimum Gasteiger partial charge on any atom is -0.468 e. The summed E-state index contributed by atoms with van der Waals surface area (Å²) in [6.07, 6.45) is 0. The van der Waals surface area contributed by atoms with Gasteiger partial charge in [0, 0.05) is 11.3 Å². The lowest BCUT2D eigenvalue weighted by atomic mass is 10.1. The number of methoxy groups -OCH3 is 1. The number of ether oxygens (including phenoxy) is 1. The van der Waals surface area contributed by atoms with Gasteiger partial charge in [-0.15, -0.1) is 0 Å². The van der Waals surface area contributed by atoms with E-state index in [9.17, 15) is 4.79 Å². The van der Waals surface area contributed by atoms with Crippen molar-refractivity contribution in [3.63, 3.8) is 0 Å². The van der Waals surface area contributed by atoms with Crippen LogP contribution in [0.15, 0.2) is 18.2 Å². The topological polar surface area (TPSA) is 64.3 Å². The second-order valence-corrected chi connectivity index (χ2v) is 3.78. The molecule has 1 aromatic rings. The van der Waals surface area contributed by atoms with E-state index in [0.717, 1.165) is 16.8 Å². The summed E-state index contributed by atoms with van der Waals surface area (Å²) in [6, 6.07) is 5.64. The van der Waals surface area contributed by atoms with E-state index in [2.05, 4.69) is 10.1 Å². The van der Waals surface area contributed by atoms with Crippen molar-refractivity contribution in [3.8, 4) is 0 Å². The molecule has 0 aliphatic heterocycles. The number of nitrogens with two attached hydrogens (primary N) is 1. The van der Waals surface area contributed by atoms with Crippen LogP contribution in [0.1, 0.15) is 11.1 Å². The Morgan fingerprint density at radius 1 is 1.56 bits per heavy atom. The van der Waals surface area contributed by atoms with Gasteiger partial charge in [-0.3, -0.25) is 4.79 Å². The summed E-state index contributed by atoms with van der Waals surface area (Å²) < 4.78 is 4.53. The van der Waals surface area contributed by atoms with Crippen molar-refractivity contribution in [1.29, 1.82) is 0 Å². The molecule has 86 valence electrons. The fourth-order valence-electron chi connectivity index (χ4n) is 1.26. The zero-order valence-corrected chi connectivity index (χ0v) is 10.1. The second-order valence-electron chi connectivity index (χ2n) is 3.34. The minimum atomic E-state index is -0.338. The fourth-order valence-corrected chi connectivity index (χ4v) is 1.42. The third-order valence-electron chi connectivity index (χ3n) is 2.09. The number of nitrogens with one attached hydrogen (secondary N) is 1. The number of benzene rings is 1. The first-order chi connectivity index (χ1) is 7.54. The van der Waals surface area contributed by atoms with Gasteiger partial charge in [0.25, 0.3) is 0 Å². The Balaban J connectivity index is 2.87. The van der Waals surface area contributed by atoms with E-state index in [1.807, 2.05) is 25.1 Å². The molecule has 0 aliphatic rings. The van der Waals surface area contributed by atoms with Gasteiger partial charge in [0.05, 0.1) is 7.11 Å². The van der Waals surface area contributed by atoms with E-state index in [0.29, 0.717) is 4.99 Å². The summed E-state index contributed by atoms with van der Waals surface area (Å²) in [6.45, 7) is 2.04. The molecule has 0 saturated heterocycles. The Bertz CT molecular complexity index is 418. The lowest BCUT2D eigenvalue weighted by Gasteiger charge is -2.10. The Morgan fingerprint density at radius 3 is 2.81 bits per heavy atom. The van der Waals surface area contributed by atoms with E-state index in [-0.39, 0.29) is 12.5 Å². The first kappa shape index (κ1) is 12.4. The Labute approximate surface area is 99.8 Å². The number of hydrogen-bond donors (Lipinski definition) is 2. The fraction of sp³-hybridized carbons (Fsp3) is 0.273. The van der Waals surface area contributed by atoms with Crippen LogP contribution in [-0.2, 0) is 9.53 Å². The summed E-state index contributed by atoms with van der Waals surface area (Å²) in [7, 11) is 1.34. The van der Waals surface area contributed by atoms with Crippen LogP contribution in [0, 0.1) is 6.92 Å². The quantitative estimate of drug-likeness (QED) is 0.610. The van der Waals surface area contributed by atoms with Crippen molar-refractivity contribution in [2.75, 3.05) is 19.0 Å². The first-order valence-corrected chi connectivity index (χ1v) is 5.16. The Morgan fingerprint density at radius 2 is 2.25 bits per heavy atom. The summed E-state index contributed by atoms with van der Waals surface area (Å²) >= 11 is 4.94. The Hall–Kier alpha value is -1.62. The van der Waals surface area contributed by atoms with Gasteiger partial charge in [0.15, 0.2) is 0 Å². The van der Waals surface area contributed by atoms with Crippen molar-refractivity contribution in [2.45, 2.75) is 6.92 Å². The molecule has 0 bridgehead atoms. The van der Waals surface area contributed by atoms with E-state index < -0.39 is 0 Å². The third kappa shape index (κ3) is 3.20. The summed E-state index contributed by atoms with van der Waals surface area (Å²) in [5.41, 5.74) is 8.13. The molecule has 0 aromatic heterocycles. The lowest BCUT2D eigenvalue weighted by Crippen LogP contribution is -2.18. The van der Waals surface area contributed by atoms with Crippen LogP contribution < -0.4 is 11.1 Å². The summed E-state index contributed by atoms with van der Waals surface area (Å²) in [4.78, 5) is 11.3. The van der Waals surface area contributed by atoms with E-state index in [4.69, 9.17) is 18.0 Å². The van der Waals surface area contributed by atoms with E-state index >= 15 is 0 Å². The molecule has 0 heterocycles. The predicted octanol–water partition coefficient (Wildman–Crippen LogP) is 1.21. The monoisotopic (exact) mass is 238 g/mol. The van der Waals surface area contributed by atoms with Crippen molar-refractivity contribution in [3.05, 3.63) is 29.3 Å². The molecule has 0 fully saturated rings. The SMILES string of the molecule is COC(=O)CNc1ccc(C)cc1C(N)=S. The number of esters is 1. The highest BCUT2D eigenvalue weighted by atomic mass is 32.1. The van der Waals surface area contributed by atoms with Gasteiger partial charge in [-0.2, -0.15) is 0 Å². The molecule has 1 aromatic carbocycles. The van der Waals surface area contributed by atoms with Gasteiger partial charge >= 0.3 is 5.97 Å². The van der Waals surface area contributed by atoms with Crippen LogP contribution in [0.25, 0.3) is 0 Å². The number of carbonyl (C=O) groups excluding carboxylic acids is 1. The van der Waals surface area contributed by atoms with Crippen molar-refractivity contribution in [2.24, 2.45) is 5.73 Å². The normalized spacial score (nSPS) is 9.62. The lowest BCUT2D eigenvalue weighted by molar-refractivity contribution is -0.138. The number of rotatable bonds is 4. The average Bonchev–Trinajstić information content (AvgIpc) is 2.26. The zero-order chi connectivity index (χ0) is 12.1. The van der Waals surface area contributed by atoms with Gasteiger partial charge in [-0.05, 0) is 19.1 Å². The van der Waals surface area contributed by atoms with Gasteiger partial charge in [-0.25, -0.2) is 0 Å². The van der Waals surface area contributed by atoms with Crippen LogP contribution >= 0.6 is 12.2 Å². The van der Waals surface area contributed by atoms with Crippen LogP contribution in [0.3, 0.4) is 0 Å². The van der Waals surface area contributed by atoms with Gasteiger partial charge < -0.3 is 15.8 Å². The molecule has 0 radical (unpaired) electrons. The van der Waals surface area contributed by atoms with Crippen molar-refractivity contribution >= 4 is 28.9 Å². The molecule has 4 nitrogen and oxygen atoms in total. The second kappa shape index (κ2) is 5.46. The van der Waals surface area contributed by atoms with Crippen molar-refractivity contribution < 1.29 is 9.53 Å². The third-order valence-corrected chi connectivity index (χ3v) is 2.31. The molecular formula is C11H14N2O2S. The van der Waals surface area contributed by atoms with Gasteiger partial charge in [0.2, 0.25) is 0 Å². The molecule has 0 spiro atoms. The number of aryl methyl sites for hydroxylation is 1. The molecule has 0 unspecified atom stereocenters. The van der Waals surface area contributed by atoms with E-state index in [1.165, 1.54) is 7.11 Å². The summed E-state index contributed by atoms with van der Waals surface area (Å²) in [5, 5.41) is 2.93. The average molecular weight is 238 g/mol. The first-order valence-electron chi connectivity index (χ1n) is 4.75. The maximum absolute atomic E-state index is 11.0. The number of anilines is 1. The van der Waals surface area contributed by atoms with Crippen LogP contribution in [-0.4, -0.2) is 24.6 Å². The molecule has 3 N–H and O–H groups in total. The highest BCUT2D eigenvalue weighted by Crippen LogP contribution is 2.17. The standard InChI is InChI=1S/C11H14N2O2S/c1-7-3-4-9(8(5-7)11(12)16)13-6-10(14)15-2/h3-5,13H,6H2,1-2H3,(H2,12,16). The van der Waals surface area contributed by atoms with Gasteiger partial charge in [0.1, 0.15) is 11.5 Å². The van der Waals surface area contributed by atoms with Gasteiger partial charge in [-0.1, -0.05) is 23.8 Å². The van der Waals surface area contributed by atoms with E-state index in [1.54, 1.807) is 0 Å². The molecule has 16 heavy (non-hydrogen) atoms. The molecule has 0 aliphatic carbocycles. The number of hydrogen-bond acceptors (Lipinski definition) is 4. The minimum absolute atomic E-state index is 0.0924. The molecule has 1 rings (SSSR count). The van der Waals surface area contributed by atoms with Crippen molar-refractivity contribution in [1.82, 2.24) is 0 Å². The number of carbonyl (C=O) groups is 1. The number of thiocarbonyl (C=S) groups is 1. The predicted molar refractivity (Wildman–Crippen MR) is 67.6 cm³/mol. The molecular weight excluding hydrogens is 224 g/mol. The molecule has 0 amide bonds. The summed E-state index contributed by atoms with van der Waals surface area (Å²) in [5.74, 6) is -0.338. The molecule has 5 heteroatoms. The van der Waals surface area contributed by atoms with Crippen LogP contribution in [0.5, 0.6) is 0 Å². The Kier molecular flexibility index (Phi) is 4.25. The maximum Gasteiger partial charge on any atom is 0.325 e. The molecule has 0 atom stereocenters. The largest absolute Gasteiger partial charge is 0.468 e. The smallest absolute Gasteiger partial charge is 0.325 e. The highest BCUT2D eigenvalue weighted by Gasteiger charge is 2.07. The highest BCUT2D eigenvalue weighted by molar-refractivity contribution is 7.80. The zero-order valence-electron chi connectivity index (χ0n) is 9.24. The van der Waals surface area contributed by atoms with Crippen LogP contribution in [0.4, 0.5) is 5.69 Å². The maximum atomic E-state index is 11.0. The molecule has 0 saturated carbocycles.